The van der Waals surface area contributed by atoms with E-state index in [9.17, 15) is 13.2 Å². The third-order valence-corrected chi connectivity index (χ3v) is 6.90. The zero-order valence-electron chi connectivity index (χ0n) is 11.8. The molecular weight excluding hydrogens is 308 g/mol. The predicted octanol–water partition coefficient (Wildman–Crippen LogP) is 1.62. The highest BCUT2D eigenvalue weighted by Gasteiger charge is 2.49. The smallest absolute Gasteiger partial charge is 0.244 e. The Morgan fingerprint density at radius 1 is 1.33 bits per heavy atom. The van der Waals surface area contributed by atoms with Gasteiger partial charge in [0.25, 0.3) is 0 Å². The number of amidine groups is 1. The number of carbonyl (C=O) groups excluding carboxylic acids is 1. The summed E-state index contributed by atoms with van der Waals surface area (Å²) in [5.74, 6) is 0.0105. The molecule has 2 aliphatic heterocycles. The van der Waals surface area contributed by atoms with Crippen molar-refractivity contribution in [3.8, 4) is 0 Å². The number of aryl methyl sites for hydroxylation is 1. The Morgan fingerprint density at radius 3 is 2.71 bits per heavy atom. The van der Waals surface area contributed by atoms with E-state index in [2.05, 4.69) is 4.99 Å². The van der Waals surface area contributed by atoms with Crippen LogP contribution in [0.5, 0.6) is 0 Å². The Bertz CT molecular complexity index is 727. The van der Waals surface area contributed by atoms with E-state index in [-0.39, 0.29) is 28.7 Å². The maximum absolute atomic E-state index is 11.9. The van der Waals surface area contributed by atoms with E-state index in [1.165, 1.54) is 18.7 Å². The average molecular weight is 324 g/mol. The summed E-state index contributed by atoms with van der Waals surface area (Å²) >= 11 is 1.40. The number of sulfone groups is 1. The lowest BCUT2D eigenvalue weighted by Gasteiger charge is -2.26. The largest absolute Gasteiger partial charge is 0.315 e. The van der Waals surface area contributed by atoms with Crippen LogP contribution in [0.15, 0.2) is 29.3 Å². The van der Waals surface area contributed by atoms with Gasteiger partial charge in [0, 0.05) is 17.9 Å². The summed E-state index contributed by atoms with van der Waals surface area (Å²) in [6, 6.07) is 7.63. The molecular formula is C14H16N2O3S2. The van der Waals surface area contributed by atoms with Crippen LogP contribution in [0.1, 0.15) is 12.5 Å². The van der Waals surface area contributed by atoms with Gasteiger partial charge >= 0.3 is 0 Å². The fraction of sp³-hybridized carbons (Fsp3) is 0.429. The van der Waals surface area contributed by atoms with Gasteiger partial charge < -0.3 is 4.90 Å². The van der Waals surface area contributed by atoms with Gasteiger partial charge in [-0.15, -0.1) is 0 Å². The van der Waals surface area contributed by atoms with Gasteiger partial charge in [0.05, 0.1) is 17.5 Å². The first-order chi connectivity index (χ1) is 9.87. The Labute approximate surface area is 128 Å². The first-order valence-electron chi connectivity index (χ1n) is 6.68. The van der Waals surface area contributed by atoms with Gasteiger partial charge in [0.1, 0.15) is 0 Å². The lowest BCUT2D eigenvalue weighted by molar-refractivity contribution is -0.115. The summed E-state index contributed by atoms with van der Waals surface area (Å²) in [7, 11) is -3.01. The average Bonchev–Trinajstić information content (AvgIpc) is 2.81. The van der Waals surface area contributed by atoms with Gasteiger partial charge in [-0.1, -0.05) is 30.0 Å². The minimum Gasteiger partial charge on any atom is -0.315 e. The lowest BCUT2D eigenvalue weighted by atomic mass is 10.1. The van der Waals surface area contributed by atoms with Crippen molar-refractivity contribution < 1.29 is 13.2 Å². The van der Waals surface area contributed by atoms with Crippen molar-refractivity contribution in [2.75, 3.05) is 16.4 Å². The number of hydrogen-bond donors (Lipinski definition) is 0. The third kappa shape index (κ3) is 2.72. The van der Waals surface area contributed by atoms with Crippen LogP contribution in [0.3, 0.4) is 0 Å². The van der Waals surface area contributed by atoms with Crippen molar-refractivity contribution in [3.63, 3.8) is 0 Å². The first-order valence-corrected chi connectivity index (χ1v) is 9.39. The van der Waals surface area contributed by atoms with E-state index in [0.717, 1.165) is 11.3 Å². The highest BCUT2D eigenvalue weighted by atomic mass is 32.2. The first kappa shape index (κ1) is 14.6. The van der Waals surface area contributed by atoms with Gasteiger partial charge in [0.2, 0.25) is 5.91 Å². The Kier molecular flexibility index (Phi) is 3.57. The molecule has 112 valence electrons. The SMILES string of the molecule is CC(=O)N=C1S[C@H]2CS(=O)(=O)C[C@H]2N1c1ccccc1C. The molecule has 2 fully saturated rings. The molecule has 0 unspecified atom stereocenters. The predicted molar refractivity (Wildman–Crippen MR) is 85.6 cm³/mol. The van der Waals surface area contributed by atoms with Crippen molar-refractivity contribution in [3.05, 3.63) is 29.8 Å². The van der Waals surface area contributed by atoms with Crippen LogP contribution in [0, 0.1) is 6.92 Å². The van der Waals surface area contributed by atoms with Crippen LogP contribution in [0.4, 0.5) is 5.69 Å². The Hall–Kier alpha value is -1.34. The molecule has 2 aliphatic rings. The number of thioether (sulfide) groups is 1. The molecule has 0 spiro atoms. The lowest BCUT2D eigenvalue weighted by Crippen LogP contribution is -2.38. The van der Waals surface area contributed by atoms with Gasteiger partial charge in [-0.3, -0.25) is 4.79 Å². The molecule has 2 atom stereocenters. The molecule has 21 heavy (non-hydrogen) atoms. The molecule has 0 radical (unpaired) electrons. The Morgan fingerprint density at radius 2 is 2.05 bits per heavy atom. The van der Waals surface area contributed by atoms with E-state index >= 15 is 0 Å². The summed E-state index contributed by atoms with van der Waals surface area (Å²) in [6.45, 7) is 3.39. The standard InChI is InChI=1S/C14H16N2O3S2/c1-9-5-3-4-6-11(9)16-12-7-21(18,19)8-13(12)20-14(16)15-10(2)17/h3-6,12-13H,7-8H2,1-2H3/t12-,13+/m1/s1. The zero-order chi connectivity index (χ0) is 15.2. The van der Waals surface area contributed by atoms with Gasteiger partial charge in [0.15, 0.2) is 15.0 Å². The van der Waals surface area contributed by atoms with Crippen LogP contribution >= 0.6 is 11.8 Å². The molecule has 0 saturated carbocycles. The van der Waals surface area contributed by atoms with Crippen molar-refractivity contribution in [2.24, 2.45) is 4.99 Å². The molecule has 2 heterocycles. The van der Waals surface area contributed by atoms with Crippen LogP contribution in [-0.4, -0.2) is 42.3 Å². The van der Waals surface area contributed by atoms with Crippen molar-refractivity contribution >= 4 is 38.4 Å². The fourth-order valence-corrected chi connectivity index (χ4v) is 6.77. The highest BCUT2D eigenvalue weighted by molar-refractivity contribution is 8.16. The summed E-state index contributed by atoms with van der Waals surface area (Å²) in [6.07, 6.45) is 0. The topological polar surface area (TPSA) is 66.8 Å². The number of nitrogens with zero attached hydrogens (tertiary/aromatic N) is 2. The molecule has 0 bridgehead atoms. The number of hydrogen-bond acceptors (Lipinski definition) is 4. The molecule has 0 aromatic heterocycles. The normalized spacial score (nSPS) is 28.9. The van der Waals surface area contributed by atoms with E-state index in [1.54, 1.807) is 0 Å². The molecule has 5 nitrogen and oxygen atoms in total. The van der Waals surface area contributed by atoms with E-state index in [4.69, 9.17) is 0 Å². The van der Waals surface area contributed by atoms with Crippen LogP contribution in [-0.2, 0) is 14.6 Å². The monoisotopic (exact) mass is 324 g/mol. The quantitative estimate of drug-likeness (QED) is 0.785. The second kappa shape index (κ2) is 5.14. The van der Waals surface area contributed by atoms with Crippen molar-refractivity contribution in [1.29, 1.82) is 0 Å². The minimum atomic E-state index is -3.01. The molecule has 3 rings (SSSR count). The second-order valence-corrected chi connectivity index (χ2v) is 8.73. The molecule has 2 saturated heterocycles. The number of rotatable bonds is 1. The summed E-state index contributed by atoms with van der Waals surface area (Å²) in [4.78, 5) is 17.4. The number of benzene rings is 1. The number of carbonyl (C=O) groups is 1. The summed E-state index contributed by atoms with van der Waals surface area (Å²) < 4.78 is 23.8. The number of aliphatic imine (C=N–C) groups is 1. The summed E-state index contributed by atoms with van der Waals surface area (Å²) in [5.41, 5.74) is 1.97. The van der Waals surface area contributed by atoms with E-state index < -0.39 is 9.84 Å². The van der Waals surface area contributed by atoms with Gasteiger partial charge in [-0.05, 0) is 18.6 Å². The van der Waals surface area contributed by atoms with Crippen LogP contribution < -0.4 is 4.90 Å². The minimum absolute atomic E-state index is 0.0484. The second-order valence-electron chi connectivity index (χ2n) is 5.37. The maximum atomic E-state index is 11.9. The number of fused-ring (bicyclic) bond motifs is 1. The molecule has 0 aliphatic carbocycles. The zero-order valence-corrected chi connectivity index (χ0v) is 13.4. The molecule has 7 heteroatoms. The number of anilines is 1. The Balaban J connectivity index is 2.07. The molecule has 0 N–H and O–H groups in total. The molecule has 1 amide bonds. The maximum Gasteiger partial charge on any atom is 0.244 e. The number of para-hydroxylation sites is 1. The van der Waals surface area contributed by atoms with E-state index in [1.807, 2.05) is 36.1 Å². The van der Waals surface area contributed by atoms with E-state index in [0.29, 0.717) is 5.17 Å². The number of amides is 1. The van der Waals surface area contributed by atoms with Crippen LogP contribution in [0.2, 0.25) is 0 Å². The summed E-state index contributed by atoms with van der Waals surface area (Å²) in [5, 5.41) is 0.564. The van der Waals surface area contributed by atoms with Crippen molar-refractivity contribution in [2.45, 2.75) is 25.1 Å². The molecule has 1 aromatic rings. The van der Waals surface area contributed by atoms with Crippen molar-refractivity contribution in [1.82, 2.24) is 0 Å². The van der Waals surface area contributed by atoms with Crippen LogP contribution in [0.25, 0.3) is 0 Å². The third-order valence-electron chi connectivity index (χ3n) is 3.69. The fourth-order valence-electron chi connectivity index (χ4n) is 2.81. The van der Waals surface area contributed by atoms with Gasteiger partial charge in [-0.25, -0.2) is 8.42 Å². The highest BCUT2D eigenvalue weighted by Crippen LogP contribution is 2.41. The van der Waals surface area contributed by atoms with Gasteiger partial charge in [-0.2, -0.15) is 4.99 Å². The molecule has 1 aromatic carbocycles.